The highest BCUT2D eigenvalue weighted by atomic mass is 16.4. The van der Waals surface area contributed by atoms with E-state index in [1.54, 1.807) is 0 Å². The zero-order valence-corrected chi connectivity index (χ0v) is 13.1. The Bertz CT molecular complexity index is 496. The van der Waals surface area contributed by atoms with Gasteiger partial charge in [0.05, 0.1) is 5.69 Å². The summed E-state index contributed by atoms with van der Waals surface area (Å²) < 4.78 is 1.39. The van der Waals surface area contributed by atoms with E-state index in [4.69, 9.17) is 5.11 Å². The summed E-state index contributed by atoms with van der Waals surface area (Å²) >= 11 is 0. The molecular formula is C14H24N4O3. The Labute approximate surface area is 124 Å². The Morgan fingerprint density at radius 3 is 2.52 bits per heavy atom. The summed E-state index contributed by atoms with van der Waals surface area (Å²) in [5.74, 6) is -1.04. The molecule has 7 nitrogen and oxygen atoms in total. The molecular weight excluding hydrogens is 272 g/mol. The van der Waals surface area contributed by atoms with Gasteiger partial charge in [-0.15, -0.1) is 5.10 Å². The molecule has 118 valence electrons. The molecule has 0 aliphatic rings. The molecule has 0 aliphatic heterocycles. The molecule has 7 heteroatoms. The topological polar surface area (TPSA) is 97.1 Å². The number of nitrogens with zero attached hydrogens (tertiary/aromatic N) is 3. The van der Waals surface area contributed by atoms with E-state index >= 15 is 0 Å². The highest BCUT2D eigenvalue weighted by molar-refractivity contribution is 5.86. The number of carbonyl (C=O) groups excluding carboxylic acids is 1. The Morgan fingerprint density at radius 1 is 1.33 bits per heavy atom. The van der Waals surface area contributed by atoms with Gasteiger partial charge in [-0.05, 0) is 25.7 Å². The average molecular weight is 296 g/mol. The average Bonchev–Trinajstić information content (AvgIpc) is 2.71. The fourth-order valence-corrected chi connectivity index (χ4v) is 2.18. The van der Waals surface area contributed by atoms with E-state index in [9.17, 15) is 9.59 Å². The van der Waals surface area contributed by atoms with Gasteiger partial charge in [-0.3, -0.25) is 4.79 Å². The summed E-state index contributed by atoms with van der Waals surface area (Å²) in [6, 6.07) is 0.0958. The van der Waals surface area contributed by atoms with E-state index in [0.717, 1.165) is 12.8 Å². The van der Waals surface area contributed by atoms with Crippen molar-refractivity contribution in [3.05, 3.63) is 11.4 Å². The number of nitrogens with one attached hydrogen (secondary N) is 1. The third kappa shape index (κ3) is 5.17. The predicted octanol–water partition coefficient (Wildman–Crippen LogP) is 1.48. The number of hydrogen-bond acceptors (Lipinski definition) is 4. The van der Waals surface area contributed by atoms with Gasteiger partial charge in [-0.1, -0.05) is 32.4 Å². The highest BCUT2D eigenvalue weighted by Crippen LogP contribution is 2.12. The van der Waals surface area contributed by atoms with Crippen molar-refractivity contribution in [1.29, 1.82) is 0 Å². The molecule has 0 aromatic carbocycles. The lowest BCUT2D eigenvalue weighted by Gasteiger charge is -2.14. The summed E-state index contributed by atoms with van der Waals surface area (Å²) in [7, 11) is 0. The minimum atomic E-state index is -1.11. The number of hydrogen-bond donors (Lipinski definition) is 2. The zero-order chi connectivity index (χ0) is 16.0. The van der Waals surface area contributed by atoms with Crippen LogP contribution in [0.3, 0.4) is 0 Å². The van der Waals surface area contributed by atoms with Crippen LogP contribution in [0.25, 0.3) is 0 Å². The maximum atomic E-state index is 12.0. The Hall–Kier alpha value is -1.92. The summed E-state index contributed by atoms with van der Waals surface area (Å²) in [5.41, 5.74) is 0.425. The maximum absolute atomic E-state index is 12.0. The van der Waals surface area contributed by atoms with Crippen LogP contribution < -0.4 is 5.32 Å². The number of carboxylic acids is 1. The first-order valence-electron chi connectivity index (χ1n) is 7.30. The predicted molar refractivity (Wildman–Crippen MR) is 78.0 cm³/mol. The first kappa shape index (κ1) is 17.1. The van der Waals surface area contributed by atoms with Gasteiger partial charge in [-0.2, -0.15) is 0 Å². The number of aromatic nitrogens is 3. The Balaban J connectivity index is 2.82. The van der Waals surface area contributed by atoms with E-state index in [-0.39, 0.29) is 30.1 Å². The molecule has 0 spiro atoms. The van der Waals surface area contributed by atoms with Crippen molar-refractivity contribution >= 4 is 11.9 Å². The number of rotatable bonds is 8. The zero-order valence-electron chi connectivity index (χ0n) is 13.1. The summed E-state index contributed by atoms with van der Waals surface area (Å²) in [6.07, 6.45) is 2.42. The second kappa shape index (κ2) is 7.75. The van der Waals surface area contributed by atoms with Crippen LogP contribution in [0.15, 0.2) is 0 Å². The minimum absolute atomic E-state index is 0.00358. The van der Waals surface area contributed by atoms with Crippen LogP contribution in [0.5, 0.6) is 0 Å². The van der Waals surface area contributed by atoms with Crippen LogP contribution >= 0.6 is 0 Å². The second-order valence-electron chi connectivity index (χ2n) is 5.70. The second-order valence-corrected chi connectivity index (χ2v) is 5.70. The Morgan fingerprint density at radius 2 is 2.00 bits per heavy atom. The molecule has 0 radical (unpaired) electrons. The lowest BCUT2D eigenvalue weighted by molar-refractivity contribution is -0.122. The van der Waals surface area contributed by atoms with Crippen molar-refractivity contribution in [2.45, 2.75) is 59.5 Å². The normalized spacial score (nSPS) is 12.4. The van der Waals surface area contributed by atoms with Gasteiger partial charge >= 0.3 is 5.97 Å². The molecule has 1 amide bonds. The smallest absolute Gasteiger partial charge is 0.358 e. The lowest BCUT2D eigenvalue weighted by atomic mass is 10.1. The molecule has 1 aromatic rings. The van der Waals surface area contributed by atoms with E-state index in [2.05, 4.69) is 22.6 Å². The van der Waals surface area contributed by atoms with Crippen LogP contribution in [-0.2, 0) is 17.8 Å². The maximum Gasteiger partial charge on any atom is 0.358 e. The first-order valence-corrected chi connectivity index (χ1v) is 7.30. The Kier molecular flexibility index (Phi) is 6.33. The van der Waals surface area contributed by atoms with Gasteiger partial charge in [-0.25, -0.2) is 9.48 Å². The summed E-state index contributed by atoms with van der Waals surface area (Å²) in [4.78, 5) is 23.1. The monoisotopic (exact) mass is 296 g/mol. The molecule has 21 heavy (non-hydrogen) atoms. The molecule has 1 unspecified atom stereocenters. The van der Waals surface area contributed by atoms with E-state index in [1.807, 2.05) is 20.8 Å². The van der Waals surface area contributed by atoms with Crippen LogP contribution in [0.1, 0.15) is 56.7 Å². The number of amides is 1. The number of carbonyl (C=O) groups is 2. The molecule has 2 N–H and O–H groups in total. The number of aromatic carboxylic acids is 1. The van der Waals surface area contributed by atoms with Gasteiger partial charge in [0.25, 0.3) is 0 Å². The van der Waals surface area contributed by atoms with Crippen molar-refractivity contribution < 1.29 is 14.7 Å². The van der Waals surface area contributed by atoms with Crippen LogP contribution in [-0.4, -0.2) is 38.0 Å². The van der Waals surface area contributed by atoms with Crippen LogP contribution in [0.2, 0.25) is 0 Å². The fraction of sp³-hybridized carbons (Fsp3) is 0.714. The molecule has 1 heterocycles. The first-order chi connectivity index (χ1) is 9.85. The van der Waals surface area contributed by atoms with Crippen LogP contribution in [0, 0.1) is 5.92 Å². The van der Waals surface area contributed by atoms with Crippen LogP contribution in [0.4, 0.5) is 0 Å². The molecule has 1 atom stereocenters. The van der Waals surface area contributed by atoms with Crippen molar-refractivity contribution in [1.82, 2.24) is 20.3 Å². The van der Waals surface area contributed by atoms with Crippen molar-refractivity contribution in [3.63, 3.8) is 0 Å². The molecule has 0 bridgehead atoms. The number of carboxylic acid groups (broad SMARTS) is 1. The molecule has 0 saturated heterocycles. The molecule has 1 rings (SSSR count). The molecule has 0 fully saturated rings. The third-order valence-corrected chi connectivity index (χ3v) is 3.06. The van der Waals surface area contributed by atoms with Gasteiger partial charge in [0.1, 0.15) is 6.54 Å². The van der Waals surface area contributed by atoms with E-state index in [1.165, 1.54) is 4.68 Å². The molecule has 1 aromatic heterocycles. The standard InChI is InChI=1S/C14H24N4O3/c1-5-6-10(4)15-12(19)8-18-11(7-9(2)3)13(14(20)21)16-17-18/h9-10H,5-8H2,1-4H3,(H,15,19)(H,20,21). The molecule has 0 saturated carbocycles. The SMILES string of the molecule is CCCC(C)NC(=O)Cn1nnc(C(=O)O)c1CC(C)C. The minimum Gasteiger partial charge on any atom is -0.476 e. The third-order valence-electron chi connectivity index (χ3n) is 3.06. The van der Waals surface area contributed by atoms with E-state index in [0.29, 0.717) is 12.1 Å². The van der Waals surface area contributed by atoms with Gasteiger partial charge in [0.2, 0.25) is 5.91 Å². The molecule has 0 aliphatic carbocycles. The van der Waals surface area contributed by atoms with Crippen molar-refractivity contribution in [2.75, 3.05) is 0 Å². The highest BCUT2D eigenvalue weighted by Gasteiger charge is 2.21. The quantitative estimate of drug-likeness (QED) is 0.757. The van der Waals surface area contributed by atoms with Gasteiger partial charge in [0.15, 0.2) is 5.69 Å². The van der Waals surface area contributed by atoms with Gasteiger partial charge < -0.3 is 10.4 Å². The fourth-order valence-electron chi connectivity index (χ4n) is 2.18. The lowest BCUT2D eigenvalue weighted by Crippen LogP contribution is -2.35. The van der Waals surface area contributed by atoms with E-state index < -0.39 is 5.97 Å². The van der Waals surface area contributed by atoms with Crippen molar-refractivity contribution in [2.24, 2.45) is 5.92 Å². The summed E-state index contributed by atoms with van der Waals surface area (Å²) in [6.45, 7) is 7.95. The summed E-state index contributed by atoms with van der Waals surface area (Å²) in [5, 5.41) is 19.5. The van der Waals surface area contributed by atoms with Gasteiger partial charge in [0, 0.05) is 6.04 Å². The van der Waals surface area contributed by atoms with Crippen molar-refractivity contribution in [3.8, 4) is 0 Å². The largest absolute Gasteiger partial charge is 0.476 e.